The highest BCUT2D eigenvalue weighted by Gasteiger charge is 2.10. The molecule has 0 radical (unpaired) electrons. The van der Waals surface area contributed by atoms with E-state index in [1.165, 1.54) is 0 Å². The van der Waals surface area contributed by atoms with Crippen LogP contribution < -0.4 is 11.3 Å². The Kier molecular flexibility index (Phi) is 6.83. The molecule has 0 aliphatic rings. The number of nitrogens with zero attached hydrogens (tertiary/aromatic N) is 2. The lowest BCUT2D eigenvalue weighted by atomic mass is 10.2. The lowest BCUT2D eigenvalue weighted by Crippen LogP contribution is -2.30. The average molecular weight is 282 g/mol. The van der Waals surface area contributed by atoms with Crippen molar-refractivity contribution in [3.8, 4) is 0 Å². The number of hydrogen-bond donors (Lipinski definition) is 2. The van der Waals surface area contributed by atoms with Gasteiger partial charge >= 0.3 is 0 Å². The minimum Gasteiger partial charge on any atom is -0.298 e. The third kappa shape index (κ3) is 5.18. The van der Waals surface area contributed by atoms with Gasteiger partial charge in [-0.25, -0.2) is 5.84 Å². The van der Waals surface area contributed by atoms with Crippen molar-refractivity contribution in [3.63, 3.8) is 0 Å². The van der Waals surface area contributed by atoms with Crippen molar-refractivity contribution in [3.05, 3.63) is 29.6 Å². The molecule has 0 bridgehead atoms. The molecule has 1 rings (SSSR count). The molecule has 1 heterocycles. The first-order valence-electron chi connectivity index (χ1n) is 6.23. The Hall–Kier alpha value is -1.11. The lowest BCUT2D eigenvalue weighted by Gasteiger charge is -2.24. The number of nitrogen functional groups attached to an aromatic ring is 1. The first-order chi connectivity index (χ1) is 9.08. The zero-order valence-electron chi connectivity index (χ0n) is 11.7. The van der Waals surface area contributed by atoms with Crippen LogP contribution in [0.4, 0.5) is 0 Å². The maximum absolute atomic E-state index is 11.3. The molecule has 1 amide bonds. The number of thioether (sulfide) groups is 1. The van der Waals surface area contributed by atoms with Crippen LogP contribution in [0.5, 0.6) is 0 Å². The van der Waals surface area contributed by atoms with Gasteiger partial charge in [-0.2, -0.15) is 11.8 Å². The summed E-state index contributed by atoms with van der Waals surface area (Å²) < 4.78 is 0. The summed E-state index contributed by atoms with van der Waals surface area (Å²) in [6, 6.07) is 4.12. The Morgan fingerprint density at radius 1 is 1.58 bits per heavy atom. The van der Waals surface area contributed by atoms with E-state index in [4.69, 9.17) is 5.84 Å². The molecule has 0 aliphatic carbocycles. The van der Waals surface area contributed by atoms with Crippen molar-refractivity contribution in [2.75, 3.05) is 19.1 Å². The Morgan fingerprint density at radius 3 is 2.84 bits per heavy atom. The van der Waals surface area contributed by atoms with E-state index >= 15 is 0 Å². The van der Waals surface area contributed by atoms with Crippen molar-refractivity contribution in [1.29, 1.82) is 0 Å². The van der Waals surface area contributed by atoms with Gasteiger partial charge in [-0.1, -0.05) is 0 Å². The molecule has 0 saturated carbocycles. The van der Waals surface area contributed by atoms with Gasteiger partial charge in [0.15, 0.2) is 0 Å². The number of carbonyl (C=O) groups excluding carboxylic acids is 1. The minimum absolute atomic E-state index is 0.319. The lowest BCUT2D eigenvalue weighted by molar-refractivity contribution is 0.0953. The largest absolute Gasteiger partial charge is 0.298 e. The molecule has 0 spiro atoms. The monoisotopic (exact) mass is 282 g/mol. The zero-order valence-corrected chi connectivity index (χ0v) is 12.5. The maximum atomic E-state index is 11.3. The molecule has 0 aliphatic heterocycles. The van der Waals surface area contributed by atoms with E-state index < -0.39 is 0 Å². The normalized spacial score (nSPS) is 12.5. The molecule has 19 heavy (non-hydrogen) atoms. The van der Waals surface area contributed by atoms with Gasteiger partial charge in [-0.05, 0) is 44.5 Å². The molecule has 1 aromatic rings. The van der Waals surface area contributed by atoms with Gasteiger partial charge in [-0.3, -0.25) is 20.1 Å². The van der Waals surface area contributed by atoms with Crippen LogP contribution in [-0.2, 0) is 6.54 Å². The van der Waals surface area contributed by atoms with E-state index in [0.717, 1.165) is 24.4 Å². The highest BCUT2D eigenvalue weighted by atomic mass is 32.2. The number of pyridine rings is 1. The molecular formula is C13H22N4OS. The van der Waals surface area contributed by atoms with Crippen LogP contribution in [0.15, 0.2) is 18.3 Å². The summed E-state index contributed by atoms with van der Waals surface area (Å²) >= 11 is 1.86. The summed E-state index contributed by atoms with van der Waals surface area (Å²) in [7, 11) is 2.09. The summed E-state index contributed by atoms with van der Waals surface area (Å²) in [5.41, 5.74) is 3.52. The van der Waals surface area contributed by atoms with Gasteiger partial charge in [0.25, 0.3) is 5.91 Å². The van der Waals surface area contributed by atoms with Crippen LogP contribution in [0.2, 0.25) is 0 Å². The third-order valence-corrected chi connectivity index (χ3v) is 3.77. The first kappa shape index (κ1) is 15.9. The summed E-state index contributed by atoms with van der Waals surface area (Å²) in [5, 5.41) is 0. The number of aromatic nitrogens is 1. The van der Waals surface area contributed by atoms with E-state index in [9.17, 15) is 4.79 Å². The van der Waals surface area contributed by atoms with Crippen LogP contribution in [0.25, 0.3) is 0 Å². The third-order valence-electron chi connectivity index (χ3n) is 3.12. The van der Waals surface area contributed by atoms with E-state index in [1.807, 2.05) is 17.8 Å². The van der Waals surface area contributed by atoms with E-state index in [0.29, 0.717) is 11.6 Å². The second kappa shape index (κ2) is 8.14. The van der Waals surface area contributed by atoms with Crippen LogP contribution >= 0.6 is 11.8 Å². The van der Waals surface area contributed by atoms with Gasteiger partial charge in [0, 0.05) is 18.8 Å². The fourth-order valence-corrected chi connectivity index (χ4v) is 2.23. The number of hydrogen-bond acceptors (Lipinski definition) is 5. The van der Waals surface area contributed by atoms with Crippen molar-refractivity contribution in [1.82, 2.24) is 15.3 Å². The van der Waals surface area contributed by atoms with Crippen LogP contribution in [0.3, 0.4) is 0 Å². The quantitative estimate of drug-likeness (QED) is 0.447. The molecule has 0 fully saturated rings. The molecule has 1 aromatic heterocycles. The second-order valence-electron chi connectivity index (χ2n) is 4.56. The van der Waals surface area contributed by atoms with Gasteiger partial charge < -0.3 is 0 Å². The number of carbonyl (C=O) groups is 1. The van der Waals surface area contributed by atoms with Gasteiger partial charge in [0.05, 0.1) is 11.3 Å². The number of nitrogens with one attached hydrogen (secondary N) is 1. The standard InChI is InChI=1S/C13H22N4OS/c1-10(6-7-19-3)17(2)9-12-5-4-11(8-15-12)13(18)16-14/h4-5,8,10H,6-7,9,14H2,1-3H3,(H,16,18). The van der Waals surface area contributed by atoms with Gasteiger partial charge in [0.2, 0.25) is 0 Å². The summed E-state index contributed by atoms with van der Waals surface area (Å²) in [4.78, 5) is 17.8. The van der Waals surface area contributed by atoms with Crippen molar-refractivity contribution in [2.45, 2.75) is 25.9 Å². The van der Waals surface area contributed by atoms with Gasteiger partial charge in [-0.15, -0.1) is 0 Å². The SMILES string of the molecule is CSCCC(C)N(C)Cc1ccc(C(=O)NN)cn1. The molecular weight excluding hydrogens is 260 g/mol. The van der Waals surface area contributed by atoms with Crippen molar-refractivity contribution < 1.29 is 4.79 Å². The Labute approximate surface area is 118 Å². The molecule has 3 N–H and O–H groups in total. The fourth-order valence-electron chi connectivity index (χ4n) is 1.66. The van der Waals surface area contributed by atoms with E-state index in [1.54, 1.807) is 12.3 Å². The van der Waals surface area contributed by atoms with Crippen LogP contribution in [-0.4, -0.2) is 40.9 Å². The smallest absolute Gasteiger partial charge is 0.266 e. The predicted octanol–water partition coefficient (Wildman–Crippen LogP) is 1.26. The molecule has 0 aromatic carbocycles. The number of rotatable bonds is 7. The number of amides is 1. The molecule has 5 nitrogen and oxygen atoms in total. The van der Waals surface area contributed by atoms with Crippen molar-refractivity contribution in [2.24, 2.45) is 5.84 Å². The van der Waals surface area contributed by atoms with Crippen LogP contribution in [0, 0.1) is 0 Å². The number of nitrogens with two attached hydrogens (primary N) is 1. The van der Waals surface area contributed by atoms with Gasteiger partial charge in [0.1, 0.15) is 0 Å². The van der Waals surface area contributed by atoms with Crippen LogP contribution in [0.1, 0.15) is 29.4 Å². The number of hydrazine groups is 1. The fraction of sp³-hybridized carbons (Fsp3) is 0.538. The highest BCUT2D eigenvalue weighted by Crippen LogP contribution is 2.10. The highest BCUT2D eigenvalue weighted by molar-refractivity contribution is 7.98. The van der Waals surface area contributed by atoms with Crippen molar-refractivity contribution >= 4 is 17.7 Å². The Balaban J connectivity index is 2.55. The molecule has 106 valence electrons. The first-order valence-corrected chi connectivity index (χ1v) is 7.63. The Bertz CT molecular complexity index is 396. The Morgan fingerprint density at radius 2 is 2.32 bits per heavy atom. The maximum Gasteiger partial charge on any atom is 0.266 e. The zero-order chi connectivity index (χ0) is 14.3. The molecule has 1 unspecified atom stereocenters. The summed E-state index contributed by atoms with van der Waals surface area (Å²) in [5.74, 6) is 5.91. The minimum atomic E-state index is -0.319. The summed E-state index contributed by atoms with van der Waals surface area (Å²) in [6.45, 7) is 2.99. The molecule has 0 saturated heterocycles. The topological polar surface area (TPSA) is 71.2 Å². The summed E-state index contributed by atoms with van der Waals surface area (Å²) in [6.07, 6.45) is 4.83. The van der Waals surface area contributed by atoms with E-state index in [-0.39, 0.29) is 5.91 Å². The average Bonchev–Trinajstić information content (AvgIpc) is 2.44. The van der Waals surface area contributed by atoms with E-state index in [2.05, 4.69) is 35.5 Å². The molecule has 1 atom stereocenters. The second-order valence-corrected chi connectivity index (χ2v) is 5.54. The predicted molar refractivity (Wildman–Crippen MR) is 79.8 cm³/mol. The molecule has 6 heteroatoms.